The zero-order chi connectivity index (χ0) is 10.7. The van der Waals surface area contributed by atoms with E-state index < -0.39 is 31.1 Å². The van der Waals surface area contributed by atoms with Crippen LogP contribution in [0.2, 0.25) is 0 Å². The van der Waals surface area contributed by atoms with Crippen molar-refractivity contribution in [3.05, 3.63) is 0 Å². The van der Waals surface area contributed by atoms with Crippen LogP contribution in [0.15, 0.2) is 0 Å². The summed E-state index contributed by atoms with van der Waals surface area (Å²) >= 11 is 0. The standard InChI is InChI=1S/C8H15NO5/c1-4(11)9-7-2-5(12)8(13)6(3-10)14-7/h5-8,10,12-13H,2-3H2,1H3,(H,9,11)/t5-,6-,7-,8+/m1/s1. The molecule has 1 amide bonds. The van der Waals surface area contributed by atoms with E-state index in [1.54, 1.807) is 0 Å². The minimum absolute atomic E-state index is 0.122. The van der Waals surface area contributed by atoms with Gasteiger partial charge in [-0.2, -0.15) is 0 Å². The molecule has 1 rings (SSSR count). The largest absolute Gasteiger partial charge is 0.394 e. The van der Waals surface area contributed by atoms with Crippen LogP contribution in [0.4, 0.5) is 0 Å². The highest BCUT2D eigenvalue weighted by Crippen LogP contribution is 2.18. The fraction of sp³-hybridized carbons (Fsp3) is 0.875. The zero-order valence-electron chi connectivity index (χ0n) is 7.88. The number of nitrogens with one attached hydrogen (secondary N) is 1. The van der Waals surface area contributed by atoms with Crippen LogP contribution in [-0.2, 0) is 9.53 Å². The molecule has 1 saturated heterocycles. The van der Waals surface area contributed by atoms with E-state index >= 15 is 0 Å². The van der Waals surface area contributed by atoms with Crippen molar-refractivity contribution in [3.8, 4) is 0 Å². The lowest BCUT2D eigenvalue weighted by molar-refractivity contribution is -0.188. The molecule has 14 heavy (non-hydrogen) atoms. The third-order valence-corrected chi connectivity index (χ3v) is 2.11. The Balaban J connectivity index is 2.53. The van der Waals surface area contributed by atoms with Gasteiger partial charge in [-0.05, 0) is 0 Å². The Morgan fingerprint density at radius 2 is 2.21 bits per heavy atom. The molecule has 1 fully saturated rings. The predicted octanol–water partition coefficient (Wildman–Crippen LogP) is -2.05. The molecule has 0 radical (unpaired) electrons. The maximum absolute atomic E-state index is 10.7. The summed E-state index contributed by atoms with van der Waals surface area (Å²) in [6.45, 7) is 0.934. The van der Waals surface area contributed by atoms with E-state index in [2.05, 4.69) is 5.32 Å². The SMILES string of the molecule is CC(=O)N[C@H]1C[C@@H](O)[C@H](O)[C@@H](CO)O1. The van der Waals surface area contributed by atoms with Crippen LogP contribution in [0.5, 0.6) is 0 Å². The summed E-state index contributed by atoms with van der Waals surface area (Å²) in [4.78, 5) is 10.7. The highest BCUT2D eigenvalue weighted by atomic mass is 16.5. The van der Waals surface area contributed by atoms with Gasteiger partial charge in [0.2, 0.25) is 5.91 Å². The molecule has 0 aliphatic carbocycles. The van der Waals surface area contributed by atoms with Gasteiger partial charge in [-0.3, -0.25) is 4.79 Å². The summed E-state index contributed by atoms with van der Waals surface area (Å²) in [5.74, 6) is -0.282. The molecule has 0 saturated carbocycles. The minimum Gasteiger partial charge on any atom is -0.394 e. The molecule has 6 nitrogen and oxygen atoms in total. The van der Waals surface area contributed by atoms with Gasteiger partial charge in [0, 0.05) is 13.3 Å². The van der Waals surface area contributed by atoms with Gasteiger partial charge in [0.25, 0.3) is 0 Å². The topological polar surface area (TPSA) is 99.0 Å². The molecular formula is C8H15NO5. The third kappa shape index (κ3) is 2.65. The van der Waals surface area contributed by atoms with E-state index in [-0.39, 0.29) is 12.3 Å². The number of carbonyl (C=O) groups is 1. The number of rotatable bonds is 2. The van der Waals surface area contributed by atoms with Crippen LogP contribution in [0.3, 0.4) is 0 Å². The zero-order valence-corrected chi connectivity index (χ0v) is 7.88. The number of aliphatic hydroxyl groups excluding tert-OH is 3. The average Bonchev–Trinajstić information content (AvgIpc) is 2.10. The van der Waals surface area contributed by atoms with E-state index in [4.69, 9.17) is 9.84 Å². The number of carbonyl (C=O) groups excluding carboxylic acids is 1. The second-order valence-corrected chi connectivity index (χ2v) is 3.34. The van der Waals surface area contributed by atoms with Gasteiger partial charge >= 0.3 is 0 Å². The number of amides is 1. The lowest BCUT2D eigenvalue weighted by Gasteiger charge is -2.36. The van der Waals surface area contributed by atoms with Crippen LogP contribution < -0.4 is 5.32 Å². The Morgan fingerprint density at radius 1 is 1.57 bits per heavy atom. The van der Waals surface area contributed by atoms with Gasteiger partial charge in [-0.15, -0.1) is 0 Å². The highest BCUT2D eigenvalue weighted by molar-refractivity contribution is 5.73. The molecule has 1 heterocycles. The predicted molar refractivity (Wildman–Crippen MR) is 46.2 cm³/mol. The molecule has 6 heteroatoms. The Kier molecular flexibility index (Phi) is 3.82. The molecule has 0 spiro atoms. The van der Waals surface area contributed by atoms with E-state index in [0.29, 0.717) is 0 Å². The van der Waals surface area contributed by atoms with Gasteiger partial charge in [-0.25, -0.2) is 0 Å². The second kappa shape index (κ2) is 4.70. The maximum atomic E-state index is 10.7. The van der Waals surface area contributed by atoms with Crippen LogP contribution in [0.25, 0.3) is 0 Å². The molecule has 0 bridgehead atoms. The van der Waals surface area contributed by atoms with Crippen LogP contribution >= 0.6 is 0 Å². The molecule has 4 atom stereocenters. The van der Waals surface area contributed by atoms with Crippen molar-refractivity contribution in [1.29, 1.82) is 0 Å². The van der Waals surface area contributed by atoms with Crippen molar-refractivity contribution >= 4 is 5.91 Å². The van der Waals surface area contributed by atoms with Gasteiger partial charge in [0.05, 0.1) is 12.7 Å². The molecule has 1 aliphatic rings. The summed E-state index contributed by atoms with van der Waals surface area (Å²) in [7, 11) is 0. The molecule has 0 aromatic rings. The summed E-state index contributed by atoms with van der Waals surface area (Å²) in [5, 5.41) is 30.0. The number of ether oxygens (including phenoxy) is 1. The first-order valence-corrected chi connectivity index (χ1v) is 4.44. The first-order chi connectivity index (χ1) is 6.54. The molecular weight excluding hydrogens is 190 g/mol. The summed E-state index contributed by atoms with van der Waals surface area (Å²) in [5.41, 5.74) is 0. The fourth-order valence-electron chi connectivity index (χ4n) is 1.42. The lowest BCUT2D eigenvalue weighted by Crippen LogP contribution is -2.54. The van der Waals surface area contributed by atoms with E-state index in [1.165, 1.54) is 6.92 Å². The summed E-state index contributed by atoms with van der Waals surface area (Å²) in [6, 6.07) is 0. The normalized spacial score (nSPS) is 38.0. The molecule has 0 aromatic heterocycles. The first-order valence-electron chi connectivity index (χ1n) is 4.44. The second-order valence-electron chi connectivity index (χ2n) is 3.34. The number of hydrogen-bond acceptors (Lipinski definition) is 5. The van der Waals surface area contributed by atoms with Crippen LogP contribution in [0.1, 0.15) is 13.3 Å². The van der Waals surface area contributed by atoms with Crippen molar-refractivity contribution in [2.75, 3.05) is 6.61 Å². The Bertz CT molecular complexity index is 210. The van der Waals surface area contributed by atoms with Gasteiger partial charge in [0.1, 0.15) is 18.4 Å². The average molecular weight is 205 g/mol. The molecule has 1 aliphatic heterocycles. The minimum atomic E-state index is -1.11. The molecule has 0 aromatic carbocycles. The number of hydrogen-bond donors (Lipinski definition) is 4. The Morgan fingerprint density at radius 3 is 2.71 bits per heavy atom. The monoisotopic (exact) mass is 205 g/mol. The fourth-order valence-corrected chi connectivity index (χ4v) is 1.42. The van der Waals surface area contributed by atoms with Gasteiger partial charge < -0.3 is 25.4 Å². The smallest absolute Gasteiger partial charge is 0.218 e. The molecule has 4 N–H and O–H groups in total. The quantitative estimate of drug-likeness (QED) is 0.416. The summed E-state index contributed by atoms with van der Waals surface area (Å²) < 4.78 is 5.14. The van der Waals surface area contributed by atoms with Crippen molar-refractivity contribution in [3.63, 3.8) is 0 Å². The van der Waals surface area contributed by atoms with Crippen LogP contribution in [0, 0.1) is 0 Å². The van der Waals surface area contributed by atoms with Crippen molar-refractivity contribution in [2.24, 2.45) is 0 Å². The maximum Gasteiger partial charge on any atom is 0.218 e. The Labute approximate surface area is 81.5 Å². The third-order valence-electron chi connectivity index (χ3n) is 2.11. The molecule has 0 unspecified atom stereocenters. The molecule has 82 valence electrons. The van der Waals surface area contributed by atoms with Crippen molar-refractivity contribution in [2.45, 2.75) is 37.9 Å². The van der Waals surface area contributed by atoms with Crippen molar-refractivity contribution in [1.82, 2.24) is 5.32 Å². The summed E-state index contributed by atoms with van der Waals surface area (Å²) in [6.07, 6.45) is -3.47. The number of aliphatic hydroxyl groups is 3. The van der Waals surface area contributed by atoms with E-state index in [1.807, 2.05) is 0 Å². The van der Waals surface area contributed by atoms with E-state index in [9.17, 15) is 15.0 Å². The van der Waals surface area contributed by atoms with Gasteiger partial charge in [0.15, 0.2) is 0 Å². The highest BCUT2D eigenvalue weighted by Gasteiger charge is 2.36. The van der Waals surface area contributed by atoms with Crippen molar-refractivity contribution < 1.29 is 24.9 Å². The van der Waals surface area contributed by atoms with Crippen LogP contribution in [-0.4, -0.2) is 52.4 Å². The van der Waals surface area contributed by atoms with Gasteiger partial charge in [-0.1, -0.05) is 0 Å². The lowest BCUT2D eigenvalue weighted by atomic mass is 10.0. The Hall–Kier alpha value is -0.690. The first kappa shape index (κ1) is 11.4. The van der Waals surface area contributed by atoms with E-state index in [0.717, 1.165) is 0 Å².